The maximum atomic E-state index is 11.0. The highest BCUT2D eigenvalue weighted by molar-refractivity contribution is 6.30. The van der Waals surface area contributed by atoms with Crippen LogP contribution < -0.4 is 10.6 Å². The molecule has 0 unspecified atom stereocenters. The SMILES string of the molecule is CC(C)Nc1nc(Nc2ccc(Cl)cc2)ncc1[N+](=O)[O-]. The smallest absolute Gasteiger partial charge is 0.329 e. The van der Waals surface area contributed by atoms with E-state index in [4.69, 9.17) is 11.6 Å². The van der Waals surface area contributed by atoms with Crippen molar-refractivity contribution < 1.29 is 4.92 Å². The molecule has 0 saturated heterocycles. The molecule has 0 atom stereocenters. The lowest BCUT2D eigenvalue weighted by molar-refractivity contribution is -0.384. The number of benzene rings is 1. The number of aromatic nitrogens is 2. The zero-order valence-corrected chi connectivity index (χ0v) is 12.3. The van der Waals surface area contributed by atoms with Gasteiger partial charge in [-0.1, -0.05) is 11.6 Å². The summed E-state index contributed by atoms with van der Waals surface area (Å²) in [7, 11) is 0. The Labute approximate surface area is 126 Å². The Kier molecular flexibility index (Phi) is 4.54. The van der Waals surface area contributed by atoms with Crippen molar-refractivity contribution in [3.05, 3.63) is 45.6 Å². The van der Waals surface area contributed by atoms with Crippen molar-refractivity contribution in [1.29, 1.82) is 0 Å². The van der Waals surface area contributed by atoms with Gasteiger partial charge in [0.05, 0.1) is 4.92 Å². The zero-order chi connectivity index (χ0) is 15.4. The summed E-state index contributed by atoms with van der Waals surface area (Å²) >= 11 is 5.81. The summed E-state index contributed by atoms with van der Waals surface area (Å²) < 4.78 is 0. The lowest BCUT2D eigenvalue weighted by atomic mass is 10.3. The van der Waals surface area contributed by atoms with E-state index in [0.29, 0.717) is 5.02 Å². The van der Waals surface area contributed by atoms with Gasteiger partial charge in [0.1, 0.15) is 6.20 Å². The van der Waals surface area contributed by atoms with Gasteiger partial charge in [-0.2, -0.15) is 4.98 Å². The van der Waals surface area contributed by atoms with Crippen LogP contribution >= 0.6 is 11.6 Å². The summed E-state index contributed by atoms with van der Waals surface area (Å²) in [4.78, 5) is 18.5. The molecule has 0 fully saturated rings. The van der Waals surface area contributed by atoms with Crippen molar-refractivity contribution in [2.45, 2.75) is 19.9 Å². The first kappa shape index (κ1) is 15.0. The van der Waals surface area contributed by atoms with E-state index >= 15 is 0 Å². The van der Waals surface area contributed by atoms with Gasteiger partial charge in [0.25, 0.3) is 0 Å². The molecular weight excluding hydrogens is 294 g/mol. The topological polar surface area (TPSA) is 93.0 Å². The van der Waals surface area contributed by atoms with Crippen LogP contribution in [0.1, 0.15) is 13.8 Å². The van der Waals surface area contributed by atoms with E-state index < -0.39 is 4.92 Å². The summed E-state index contributed by atoms with van der Waals surface area (Å²) in [6.45, 7) is 3.75. The Morgan fingerprint density at radius 3 is 2.52 bits per heavy atom. The van der Waals surface area contributed by atoms with Gasteiger partial charge in [-0.25, -0.2) is 4.98 Å². The lowest BCUT2D eigenvalue weighted by Gasteiger charge is -2.11. The van der Waals surface area contributed by atoms with Crippen LogP contribution in [0.15, 0.2) is 30.5 Å². The van der Waals surface area contributed by atoms with Crippen molar-refractivity contribution in [3.63, 3.8) is 0 Å². The van der Waals surface area contributed by atoms with E-state index in [1.54, 1.807) is 24.3 Å². The number of nitro groups is 1. The minimum atomic E-state index is -0.517. The average Bonchev–Trinajstić information content (AvgIpc) is 2.40. The van der Waals surface area contributed by atoms with E-state index in [0.717, 1.165) is 5.69 Å². The van der Waals surface area contributed by atoms with E-state index in [2.05, 4.69) is 20.6 Å². The fourth-order valence-corrected chi connectivity index (χ4v) is 1.74. The van der Waals surface area contributed by atoms with Gasteiger partial charge in [0, 0.05) is 16.8 Å². The molecule has 0 bridgehead atoms. The summed E-state index contributed by atoms with van der Waals surface area (Å²) in [5, 5.41) is 17.5. The molecule has 2 rings (SSSR count). The van der Waals surface area contributed by atoms with Crippen LogP contribution in [0.2, 0.25) is 5.02 Å². The maximum absolute atomic E-state index is 11.0. The zero-order valence-electron chi connectivity index (χ0n) is 11.5. The van der Waals surface area contributed by atoms with E-state index in [1.165, 1.54) is 6.20 Å². The quantitative estimate of drug-likeness (QED) is 0.647. The molecule has 0 spiro atoms. The predicted molar refractivity (Wildman–Crippen MR) is 82.2 cm³/mol. The minimum absolute atomic E-state index is 0.0157. The van der Waals surface area contributed by atoms with Gasteiger partial charge >= 0.3 is 5.69 Å². The van der Waals surface area contributed by atoms with Crippen molar-refractivity contribution in [1.82, 2.24) is 9.97 Å². The van der Waals surface area contributed by atoms with E-state index in [9.17, 15) is 10.1 Å². The van der Waals surface area contributed by atoms with Crippen LogP contribution in [0.25, 0.3) is 0 Å². The molecule has 0 aliphatic carbocycles. The first-order valence-corrected chi connectivity index (χ1v) is 6.64. The normalized spacial score (nSPS) is 10.5. The molecule has 1 aromatic carbocycles. The third kappa shape index (κ3) is 4.03. The fraction of sp³-hybridized carbons (Fsp3) is 0.231. The molecule has 1 heterocycles. The minimum Gasteiger partial charge on any atom is -0.362 e. The van der Waals surface area contributed by atoms with Crippen LogP contribution in [-0.2, 0) is 0 Å². The van der Waals surface area contributed by atoms with Gasteiger partial charge in [0.2, 0.25) is 11.8 Å². The molecule has 8 heteroatoms. The van der Waals surface area contributed by atoms with Gasteiger partial charge in [0.15, 0.2) is 0 Å². The third-order valence-electron chi connectivity index (χ3n) is 2.49. The summed E-state index contributed by atoms with van der Waals surface area (Å²) in [6, 6.07) is 7.00. The molecule has 2 N–H and O–H groups in total. The van der Waals surface area contributed by atoms with Gasteiger partial charge in [-0.05, 0) is 38.1 Å². The number of halogens is 1. The van der Waals surface area contributed by atoms with Gasteiger partial charge in [-0.3, -0.25) is 10.1 Å². The molecule has 21 heavy (non-hydrogen) atoms. The second kappa shape index (κ2) is 6.36. The van der Waals surface area contributed by atoms with E-state index in [-0.39, 0.29) is 23.5 Å². The number of hydrogen-bond donors (Lipinski definition) is 2. The fourth-order valence-electron chi connectivity index (χ4n) is 1.61. The number of rotatable bonds is 5. The number of nitrogens with one attached hydrogen (secondary N) is 2. The maximum Gasteiger partial charge on any atom is 0.329 e. The molecule has 0 saturated carbocycles. The summed E-state index contributed by atoms with van der Waals surface area (Å²) in [6.07, 6.45) is 1.18. The first-order valence-electron chi connectivity index (χ1n) is 6.26. The predicted octanol–water partition coefficient (Wildman–Crippen LogP) is 3.60. The molecule has 0 radical (unpaired) electrons. The highest BCUT2D eigenvalue weighted by Gasteiger charge is 2.17. The Morgan fingerprint density at radius 1 is 1.29 bits per heavy atom. The Balaban J connectivity index is 2.28. The van der Waals surface area contributed by atoms with Crippen molar-refractivity contribution in [3.8, 4) is 0 Å². The monoisotopic (exact) mass is 307 g/mol. The highest BCUT2D eigenvalue weighted by Crippen LogP contribution is 2.24. The average molecular weight is 308 g/mol. The summed E-state index contributed by atoms with van der Waals surface area (Å²) in [5.74, 6) is 0.451. The van der Waals surface area contributed by atoms with Crippen LogP contribution in [0.5, 0.6) is 0 Å². The molecule has 0 amide bonds. The molecular formula is C13H14ClN5O2. The van der Waals surface area contributed by atoms with Crippen molar-refractivity contribution in [2.75, 3.05) is 10.6 Å². The van der Waals surface area contributed by atoms with E-state index in [1.807, 2.05) is 13.8 Å². The standard InChI is InChI=1S/C13H14ClN5O2/c1-8(2)16-12-11(19(20)21)7-15-13(18-12)17-10-5-3-9(14)4-6-10/h3-8H,1-2H3,(H2,15,16,17,18). The second-order valence-corrected chi connectivity index (χ2v) is 5.05. The number of nitrogens with zero attached hydrogens (tertiary/aromatic N) is 3. The molecule has 110 valence electrons. The third-order valence-corrected chi connectivity index (χ3v) is 2.74. The van der Waals surface area contributed by atoms with Crippen LogP contribution in [0.4, 0.5) is 23.1 Å². The first-order chi connectivity index (χ1) is 9.95. The van der Waals surface area contributed by atoms with Crippen LogP contribution in [0.3, 0.4) is 0 Å². The Bertz CT molecular complexity index is 646. The highest BCUT2D eigenvalue weighted by atomic mass is 35.5. The van der Waals surface area contributed by atoms with Gasteiger partial charge in [-0.15, -0.1) is 0 Å². The Morgan fingerprint density at radius 2 is 1.95 bits per heavy atom. The second-order valence-electron chi connectivity index (χ2n) is 4.62. The van der Waals surface area contributed by atoms with Crippen molar-refractivity contribution >= 4 is 34.7 Å². The largest absolute Gasteiger partial charge is 0.362 e. The number of hydrogen-bond acceptors (Lipinski definition) is 6. The van der Waals surface area contributed by atoms with Gasteiger partial charge < -0.3 is 10.6 Å². The molecule has 0 aliphatic rings. The number of anilines is 3. The molecule has 1 aromatic heterocycles. The molecule has 2 aromatic rings. The lowest BCUT2D eigenvalue weighted by Crippen LogP contribution is -2.14. The van der Waals surface area contributed by atoms with Crippen LogP contribution in [0, 0.1) is 10.1 Å². The molecule has 0 aliphatic heterocycles. The van der Waals surface area contributed by atoms with Crippen molar-refractivity contribution in [2.24, 2.45) is 0 Å². The van der Waals surface area contributed by atoms with Crippen LogP contribution in [-0.4, -0.2) is 20.9 Å². The molecule has 7 nitrogen and oxygen atoms in total. The summed E-state index contributed by atoms with van der Waals surface area (Å²) in [5.41, 5.74) is 0.578. The Hall–Kier alpha value is -2.41.